The molecule has 0 saturated heterocycles. The first-order chi connectivity index (χ1) is 13.0. The summed E-state index contributed by atoms with van der Waals surface area (Å²) in [4.78, 5) is 12.4. The fourth-order valence-corrected chi connectivity index (χ4v) is 2.43. The molecule has 1 amide bonds. The number of nitrogens with one attached hydrogen (secondary N) is 2. The highest BCUT2D eigenvalue weighted by atomic mass is 32.1. The molecule has 1 unspecified atom stereocenters. The number of rotatable bonds is 8. The third-order valence-electron chi connectivity index (χ3n) is 3.82. The maximum atomic E-state index is 12.4. The van der Waals surface area contributed by atoms with E-state index in [1.54, 1.807) is 18.2 Å². The number of anilines is 1. The minimum Gasteiger partial charge on any atom is -0.494 e. The van der Waals surface area contributed by atoms with Crippen LogP contribution in [0.5, 0.6) is 11.5 Å². The van der Waals surface area contributed by atoms with E-state index in [9.17, 15) is 4.79 Å². The van der Waals surface area contributed by atoms with Crippen molar-refractivity contribution in [3.8, 4) is 11.5 Å². The second kappa shape index (κ2) is 10.5. The lowest BCUT2D eigenvalue weighted by Crippen LogP contribution is -2.34. The van der Waals surface area contributed by atoms with Gasteiger partial charge in [0.1, 0.15) is 11.5 Å². The van der Waals surface area contributed by atoms with E-state index >= 15 is 0 Å². The molecule has 0 saturated carbocycles. The van der Waals surface area contributed by atoms with Gasteiger partial charge in [-0.1, -0.05) is 19.9 Å². The Kier molecular flexibility index (Phi) is 8.07. The number of ether oxygens (including phenoxy) is 2. The molecule has 0 fully saturated rings. The number of thiocarbonyl (C=S) groups is 1. The summed E-state index contributed by atoms with van der Waals surface area (Å²) in [5.74, 6) is 1.18. The van der Waals surface area contributed by atoms with Crippen LogP contribution < -0.4 is 20.1 Å². The summed E-state index contributed by atoms with van der Waals surface area (Å²) in [5, 5.41) is 5.91. The van der Waals surface area contributed by atoms with Crippen LogP contribution >= 0.6 is 12.2 Å². The van der Waals surface area contributed by atoms with Crippen LogP contribution in [0.4, 0.5) is 5.69 Å². The van der Waals surface area contributed by atoms with Crippen molar-refractivity contribution in [1.82, 2.24) is 5.32 Å². The Morgan fingerprint density at radius 2 is 1.85 bits per heavy atom. The van der Waals surface area contributed by atoms with E-state index < -0.39 is 0 Å². The number of carbonyl (C=O) groups excluding carboxylic acids is 1. The summed E-state index contributed by atoms with van der Waals surface area (Å²) < 4.78 is 11.3. The molecule has 2 aromatic carbocycles. The zero-order chi connectivity index (χ0) is 19.6. The van der Waals surface area contributed by atoms with Crippen molar-refractivity contribution in [2.45, 2.75) is 39.7 Å². The molecule has 0 heterocycles. The predicted molar refractivity (Wildman–Crippen MR) is 113 cm³/mol. The number of hydrogen-bond acceptors (Lipinski definition) is 4. The van der Waals surface area contributed by atoms with E-state index in [-0.39, 0.29) is 17.1 Å². The lowest BCUT2D eigenvalue weighted by Gasteiger charge is -2.14. The van der Waals surface area contributed by atoms with Gasteiger partial charge in [-0.25, -0.2) is 0 Å². The Morgan fingerprint density at radius 1 is 1.11 bits per heavy atom. The average Bonchev–Trinajstić information content (AvgIpc) is 2.67. The lowest BCUT2D eigenvalue weighted by molar-refractivity contribution is 0.0977. The zero-order valence-electron chi connectivity index (χ0n) is 16.0. The second-order valence-electron chi connectivity index (χ2n) is 6.15. The normalized spacial score (nSPS) is 11.4. The molecule has 0 spiro atoms. The third kappa shape index (κ3) is 6.90. The quantitative estimate of drug-likeness (QED) is 0.640. The van der Waals surface area contributed by atoms with Gasteiger partial charge in [-0.15, -0.1) is 0 Å². The number of benzene rings is 2. The number of carbonyl (C=O) groups is 1. The highest BCUT2D eigenvalue weighted by molar-refractivity contribution is 7.80. The van der Waals surface area contributed by atoms with E-state index in [1.807, 2.05) is 44.2 Å². The van der Waals surface area contributed by atoms with Gasteiger partial charge in [0.2, 0.25) is 0 Å². The van der Waals surface area contributed by atoms with E-state index in [1.165, 1.54) is 0 Å². The zero-order valence-corrected chi connectivity index (χ0v) is 16.8. The summed E-state index contributed by atoms with van der Waals surface area (Å²) in [6.07, 6.45) is 2.02. The fraction of sp³-hybridized carbons (Fsp3) is 0.333. The predicted octanol–water partition coefficient (Wildman–Crippen LogP) is 4.78. The first-order valence-electron chi connectivity index (χ1n) is 9.13. The van der Waals surface area contributed by atoms with Crippen molar-refractivity contribution in [2.75, 3.05) is 11.9 Å². The van der Waals surface area contributed by atoms with Gasteiger partial charge in [0, 0.05) is 11.3 Å². The first kappa shape index (κ1) is 20.7. The highest BCUT2D eigenvalue weighted by Gasteiger charge is 2.09. The smallest absolute Gasteiger partial charge is 0.257 e. The molecule has 2 aromatic rings. The number of hydrogen-bond donors (Lipinski definition) is 2. The molecule has 0 bridgehead atoms. The molecule has 27 heavy (non-hydrogen) atoms. The van der Waals surface area contributed by atoms with Crippen molar-refractivity contribution < 1.29 is 14.3 Å². The lowest BCUT2D eigenvalue weighted by atomic mass is 10.2. The molecule has 0 aliphatic carbocycles. The Morgan fingerprint density at radius 3 is 2.52 bits per heavy atom. The van der Waals surface area contributed by atoms with Crippen LogP contribution in [0.15, 0.2) is 48.5 Å². The first-order valence-corrected chi connectivity index (χ1v) is 9.54. The van der Waals surface area contributed by atoms with Crippen LogP contribution in [0.2, 0.25) is 0 Å². The molecule has 5 nitrogen and oxygen atoms in total. The monoisotopic (exact) mass is 386 g/mol. The van der Waals surface area contributed by atoms with Crippen LogP contribution in [0, 0.1) is 0 Å². The second-order valence-corrected chi connectivity index (χ2v) is 6.55. The van der Waals surface area contributed by atoms with Gasteiger partial charge >= 0.3 is 0 Å². The minimum atomic E-state index is -0.286. The summed E-state index contributed by atoms with van der Waals surface area (Å²) in [6.45, 7) is 6.75. The van der Waals surface area contributed by atoms with Crippen molar-refractivity contribution in [3.05, 3.63) is 54.1 Å². The van der Waals surface area contributed by atoms with Gasteiger partial charge in [0.15, 0.2) is 5.11 Å². The van der Waals surface area contributed by atoms with Crippen molar-refractivity contribution in [3.63, 3.8) is 0 Å². The number of amides is 1. The molecular formula is C21H26N2O3S. The molecule has 2 N–H and O–H groups in total. The SMILES string of the molecule is CCCOc1cccc(C(=O)NC(=S)Nc2ccc(OC(C)CC)cc2)c1. The topological polar surface area (TPSA) is 59.6 Å². The Bertz CT molecular complexity index is 762. The van der Waals surface area contributed by atoms with Crippen molar-refractivity contribution in [1.29, 1.82) is 0 Å². The highest BCUT2D eigenvalue weighted by Crippen LogP contribution is 2.18. The summed E-state index contributed by atoms with van der Waals surface area (Å²) >= 11 is 5.23. The molecule has 0 aliphatic heterocycles. The molecular weight excluding hydrogens is 360 g/mol. The molecule has 0 aromatic heterocycles. The van der Waals surface area contributed by atoms with Crippen molar-refractivity contribution >= 4 is 28.9 Å². The molecule has 1 atom stereocenters. The van der Waals surface area contributed by atoms with E-state index in [4.69, 9.17) is 21.7 Å². The van der Waals surface area contributed by atoms with Gasteiger partial charge in [-0.2, -0.15) is 0 Å². The Balaban J connectivity index is 1.90. The van der Waals surface area contributed by atoms with E-state index in [0.717, 1.165) is 24.3 Å². The Hall–Kier alpha value is -2.60. The maximum absolute atomic E-state index is 12.4. The molecule has 6 heteroatoms. The van der Waals surface area contributed by atoms with Crippen LogP contribution in [0.3, 0.4) is 0 Å². The van der Waals surface area contributed by atoms with Gasteiger partial charge in [0.05, 0.1) is 12.7 Å². The van der Waals surface area contributed by atoms with E-state index in [2.05, 4.69) is 17.6 Å². The molecule has 0 aliphatic rings. The summed E-state index contributed by atoms with van der Waals surface area (Å²) in [6, 6.07) is 14.5. The fourth-order valence-electron chi connectivity index (χ4n) is 2.22. The van der Waals surface area contributed by atoms with Crippen LogP contribution in [-0.2, 0) is 0 Å². The van der Waals surface area contributed by atoms with Crippen LogP contribution in [0.25, 0.3) is 0 Å². The molecule has 2 rings (SSSR count). The van der Waals surface area contributed by atoms with Crippen molar-refractivity contribution in [2.24, 2.45) is 0 Å². The Labute approximate surface area is 166 Å². The van der Waals surface area contributed by atoms with E-state index in [0.29, 0.717) is 17.9 Å². The van der Waals surface area contributed by atoms with Gasteiger partial charge in [-0.3, -0.25) is 10.1 Å². The largest absolute Gasteiger partial charge is 0.494 e. The standard InChI is InChI=1S/C21H26N2O3S/c1-4-13-25-19-8-6-7-16(14-19)20(24)23-21(27)22-17-9-11-18(12-10-17)26-15(3)5-2/h6-12,14-15H,4-5,13H2,1-3H3,(H2,22,23,24,27). The molecule has 0 radical (unpaired) electrons. The maximum Gasteiger partial charge on any atom is 0.257 e. The van der Waals surface area contributed by atoms with Crippen LogP contribution in [0.1, 0.15) is 44.0 Å². The van der Waals surface area contributed by atoms with Gasteiger partial charge in [-0.05, 0) is 74.4 Å². The van der Waals surface area contributed by atoms with Gasteiger partial charge < -0.3 is 14.8 Å². The van der Waals surface area contributed by atoms with Crippen LogP contribution in [-0.4, -0.2) is 23.7 Å². The third-order valence-corrected chi connectivity index (χ3v) is 4.02. The van der Waals surface area contributed by atoms with Gasteiger partial charge in [0.25, 0.3) is 5.91 Å². The summed E-state index contributed by atoms with van der Waals surface area (Å²) in [5.41, 5.74) is 1.27. The minimum absolute atomic E-state index is 0.168. The molecule has 144 valence electrons. The average molecular weight is 387 g/mol. The summed E-state index contributed by atoms with van der Waals surface area (Å²) in [7, 11) is 0.